The third-order valence-electron chi connectivity index (χ3n) is 0.818. The normalized spacial score (nSPS) is 10.7. The summed E-state index contributed by atoms with van der Waals surface area (Å²) in [5, 5.41) is 24.6. The fraction of sp³-hybridized carbons (Fsp3) is 0.167. The number of ether oxygens (including phenoxy) is 1. The number of hydrogen-bond donors (Lipinski definition) is 3. The van der Waals surface area contributed by atoms with Crippen molar-refractivity contribution in [3.05, 3.63) is 11.8 Å². The lowest BCUT2D eigenvalue weighted by Crippen LogP contribution is -2.15. The summed E-state index contributed by atoms with van der Waals surface area (Å²) in [6.45, 7) is -1.02. The topological polar surface area (TPSA) is 121 Å². The molecule has 0 aromatic carbocycles. The van der Waals surface area contributed by atoms with Crippen molar-refractivity contribution in [3.63, 3.8) is 0 Å². The number of aliphatic hydroxyl groups excluding tert-OH is 1. The molecule has 7 heteroatoms. The predicted molar refractivity (Wildman–Crippen MR) is 36.5 cm³/mol. The molecule has 0 unspecified atom stereocenters. The van der Waals surface area contributed by atoms with Crippen LogP contribution in [0.15, 0.2) is 11.8 Å². The first kappa shape index (κ1) is 11.1. The van der Waals surface area contributed by atoms with Gasteiger partial charge in [-0.25, -0.2) is 14.4 Å². The molecule has 0 spiro atoms. The second-order valence-corrected chi connectivity index (χ2v) is 1.78. The zero-order chi connectivity index (χ0) is 10.4. The van der Waals surface area contributed by atoms with E-state index in [1.165, 1.54) is 0 Å². The Hall–Kier alpha value is -1.89. The Morgan fingerprint density at radius 2 is 1.77 bits per heavy atom. The Balaban J connectivity index is 4.54. The highest BCUT2D eigenvalue weighted by molar-refractivity contribution is 5.95. The minimum atomic E-state index is -1.70. The van der Waals surface area contributed by atoms with E-state index in [1.807, 2.05) is 0 Å². The van der Waals surface area contributed by atoms with E-state index < -0.39 is 30.3 Å². The molecule has 0 aliphatic heterocycles. The number of carbonyl (C=O) groups is 3. The van der Waals surface area contributed by atoms with Crippen molar-refractivity contribution in [2.75, 3.05) is 6.61 Å². The second-order valence-electron chi connectivity index (χ2n) is 1.78. The first-order valence-corrected chi connectivity index (χ1v) is 2.96. The highest BCUT2D eigenvalue weighted by Crippen LogP contribution is 1.97. The van der Waals surface area contributed by atoms with E-state index in [0.717, 1.165) is 0 Å². The van der Waals surface area contributed by atoms with Crippen LogP contribution in [-0.2, 0) is 19.1 Å². The molecule has 0 bridgehead atoms. The summed E-state index contributed by atoms with van der Waals surface area (Å²) in [6, 6.07) is 0. The summed E-state index contributed by atoms with van der Waals surface area (Å²) < 4.78 is 3.96. The molecule has 0 atom stereocenters. The zero-order valence-electron chi connectivity index (χ0n) is 6.26. The Morgan fingerprint density at radius 3 is 2.08 bits per heavy atom. The minimum absolute atomic E-state index is 0.204. The van der Waals surface area contributed by atoms with Crippen LogP contribution in [0.5, 0.6) is 0 Å². The Kier molecular flexibility index (Phi) is 4.17. The summed E-state index contributed by atoms with van der Waals surface area (Å²) in [5.74, 6) is -5.56. The van der Waals surface area contributed by atoms with Crippen LogP contribution in [0.25, 0.3) is 0 Å². The molecular weight excluding hydrogens is 184 g/mol. The maximum atomic E-state index is 10.3. The van der Waals surface area contributed by atoms with Crippen LogP contribution < -0.4 is 0 Å². The third-order valence-corrected chi connectivity index (χ3v) is 0.818. The monoisotopic (exact) mass is 190 g/mol. The average molecular weight is 190 g/mol. The van der Waals surface area contributed by atoms with E-state index in [2.05, 4.69) is 4.74 Å². The van der Waals surface area contributed by atoms with Gasteiger partial charge in [-0.2, -0.15) is 0 Å². The number of carbonyl (C=O) groups excluding carboxylic acids is 1. The van der Waals surface area contributed by atoms with Gasteiger partial charge in [-0.15, -0.1) is 0 Å². The molecule has 0 fully saturated rings. The third kappa shape index (κ3) is 4.53. The van der Waals surface area contributed by atoms with E-state index >= 15 is 0 Å². The van der Waals surface area contributed by atoms with E-state index in [4.69, 9.17) is 15.3 Å². The largest absolute Gasteiger partial charge is 0.478 e. The van der Waals surface area contributed by atoms with Crippen LogP contribution in [0, 0.1) is 0 Å². The van der Waals surface area contributed by atoms with Gasteiger partial charge in [0.1, 0.15) is 6.61 Å². The zero-order valence-corrected chi connectivity index (χ0v) is 6.26. The minimum Gasteiger partial charge on any atom is -0.478 e. The molecule has 13 heavy (non-hydrogen) atoms. The summed E-state index contributed by atoms with van der Waals surface area (Å²) >= 11 is 0. The number of rotatable bonds is 4. The molecule has 3 N–H and O–H groups in total. The molecule has 0 radical (unpaired) electrons. The fourth-order valence-electron chi connectivity index (χ4n) is 0.402. The molecule has 7 nitrogen and oxygen atoms in total. The quantitative estimate of drug-likeness (QED) is 0.282. The first-order valence-electron chi connectivity index (χ1n) is 2.96. The van der Waals surface area contributed by atoms with Gasteiger partial charge in [-0.05, 0) is 0 Å². The van der Waals surface area contributed by atoms with Crippen LogP contribution in [0.2, 0.25) is 0 Å². The number of carboxylic acids is 2. The molecule has 0 aliphatic carbocycles. The predicted octanol–water partition coefficient (Wildman–Crippen LogP) is -1.43. The first-order chi connectivity index (χ1) is 5.97. The maximum Gasteiger partial charge on any atom is 0.372 e. The molecule has 0 saturated heterocycles. The van der Waals surface area contributed by atoms with Crippen molar-refractivity contribution in [2.24, 2.45) is 0 Å². The summed E-state index contributed by atoms with van der Waals surface area (Å²) in [5.41, 5.74) is 0. The number of aliphatic hydroxyl groups is 1. The number of esters is 1. The van der Waals surface area contributed by atoms with Gasteiger partial charge in [0.15, 0.2) is 0 Å². The van der Waals surface area contributed by atoms with E-state index in [-0.39, 0.29) is 6.08 Å². The van der Waals surface area contributed by atoms with Crippen LogP contribution in [0.4, 0.5) is 0 Å². The molecule has 72 valence electrons. The Morgan fingerprint density at radius 1 is 1.23 bits per heavy atom. The van der Waals surface area contributed by atoms with Gasteiger partial charge in [-0.1, -0.05) is 0 Å². The van der Waals surface area contributed by atoms with Gasteiger partial charge in [0.2, 0.25) is 5.76 Å². The standard InChI is InChI=1S/C6H6O7/c7-2-5(10)13-3(6(11)12)1-4(8)9/h1,7H,2H2,(H,8,9)(H,11,12)/b3-1-. The van der Waals surface area contributed by atoms with Gasteiger partial charge < -0.3 is 20.1 Å². The van der Waals surface area contributed by atoms with Crippen LogP contribution in [-0.4, -0.2) is 39.8 Å². The second kappa shape index (κ2) is 4.88. The van der Waals surface area contributed by atoms with Gasteiger partial charge in [-0.3, -0.25) is 0 Å². The highest BCUT2D eigenvalue weighted by atomic mass is 16.6. The van der Waals surface area contributed by atoms with Crippen LogP contribution in [0.1, 0.15) is 0 Å². The molecule has 0 amide bonds. The van der Waals surface area contributed by atoms with Crippen molar-refractivity contribution in [3.8, 4) is 0 Å². The lowest BCUT2D eigenvalue weighted by Gasteiger charge is -2.00. The Labute approximate surface area is 71.9 Å². The van der Waals surface area contributed by atoms with Crippen LogP contribution in [0.3, 0.4) is 0 Å². The van der Waals surface area contributed by atoms with Gasteiger partial charge in [0.25, 0.3) is 0 Å². The Bertz CT molecular complexity index is 264. The van der Waals surface area contributed by atoms with Crippen molar-refractivity contribution in [1.82, 2.24) is 0 Å². The fourth-order valence-corrected chi connectivity index (χ4v) is 0.402. The molecule has 0 heterocycles. The number of hydrogen-bond acceptors (Lipinski definition) is 5. The molecule has 0 rings (SSSR count). The van der Waals surface area contributed by atoms with Crippen molar-refractivity contribution in [2.45, 2.75) is 0 Å². The number of aliphatic carboxylic acids is 2. The lowest BCUT2D eigenvalue weighted by atomic mass is 10.4. The number of carboxylic acid groups (broad SMARTS) is 2. The van der Waals surface area contributed by atoms with Crippen molar-refractivity contribution in [1.29, 1.82) is 0 Å². The summed E-state index contributed by atoms with van der Waals surface area (Å²) in [4.78, 5) is 30.5. The SMILES string of the molecule is O=C(O)/C=C(\OC(=O)CO)C(=O)O. The summed E-state index contributed by atoms with van der Waals surface area (Å²) in [6.07, 6.45) is 0.204. The van der Waals surface area contributed by atoms with Gasteiger partial charge >= 0.3 is 17.9 Å². The molecule has 0 saturated carbocycles. The molecular formula is C6H6O7. The van der Waals surface area contributed by atoms with Gasteiger partial charge in [0.05, 0.1) is 6.08 Å². The molecule has 0 aliphatic rings. The van der Waals surface area contributed by atoms with E-state index in [1.54, 1.807) is 0 Å². The smallest absolute Gasteiger partial charge is 0.372 e. The van der Waals surface area contributed by atoms with Crippen LogP contribution >= 0.6 is 0 Å². The highest BCUT2D eigenvalue weighted by Gasteiger charge is 2.14. The lowest BCUT2D eigenvalue weighted by molar-refractivity contribution is -0.150. The molecule has 0 aromatic heterocycles. The maximum absolute atomic E-state index is 10.3. The average Bonchev–Trinajstić information content (AvgIpc) is 2.02. The van der Waals surface area contributed by atoms with Crippen molar-refractivity contribution < 1.29 is 34.4 Å². The molecule has 0 aromatic rings. The van der Waals surface area contributed by atoms with E-state index in [9.17, 15) is 14.4 Å². The van der Waals surface area contributed by atoms with Gasteiger partial charge in [0, 0.05) is 0 Å². The van der Waals surface area contributed by atoms with E-state index in [0.29, 0.717) is 0 Å². The summed E-state index contributed by atoms with van der Waals surface area (Å²) in [7, 11) is 0. The van der Waals surface area contributed by atoms with Crippen molar-refractivity contribution >= 4 is 17.9 Å².